The average Bonchev–Trinajstić information content (AvgIpc) is 2.28. The van der Waals surface area contributed by atoms with Gasteiger partial charge in [-0.1, -0.05) is 40.0 Å². The fourth-order valence-electron chi connectivity index (χ4n) is 1.79. The summed E-state index contributed by atoms with van der Waals surface area (Å²) in [6.07, 6.45) is 6.58. The van der Waals surface area contributed by atoms with Crippen LogP contribution in [0.5, 0.6) is 0 Å². The van der Waals surface area contributed by atoms with Crippen molar-refractivity contribution < 1.29 is 4.79 Å². The predicted molar refractivity (Wildman–Crippen MR) is 73.8 cm³/mol. The lowest BCUT2D eigenvalue weighted by molar-refractivity contribution is -0.124. The van der Waals surface area contributed by atoms with Crippen LogP contribution in [0.15, 0.2) is 0 Å². The molecule has 0 unspecified atom stereocenters. The lowest BCUT2D eigenvalue weighted by Crippen LogP contribution is -2.30. The second-order valence-corrected chi connectivity index (χ2v) is 5.37. The summed E-state index contributed by atoms with van der Waals surface area (Å²) >= 11 is 0. The van der Waals surface area contributed by atoms with E-state index in [4.69, 9.17) is 5.73 Å². The van der Waals surface area contributed by atoms with Crippen molar-refractivity contribution in [1.29, 1.82) is 0 Å². The van der Waals surface area contributed by atoms with Crippen molar-refractivity contribution in [2.45, 2.75) is 59.3 Å². The Balaban J connectivity index is 3.44. The fraction of sp³-hybridized carbons (Fsp3) is 0.929. The molecule has 0 aromatic carbocycles. The number of hydrogen-bond donors (Lipinski definition) is 2. The Hall–Kier alpha value is -0.570. The maximum Gasteiger partial charge on any atom is 0.222 e. The largest absolute Gasteiger partial charge is 0.356 e. The van der Waals surface area contributed by atoms with Gasteiger partial charge in [0.05, 0.1) is 0 Å². The Morgan fingerprint density at radius 2 is 1.71 bits per heavy atom. The van der Waals surface area contributed by atoms with Crippen LogP contribution in [0.2, 0.25) is 0 Å². The number of hydrogen-bond acceptors (Lipinski definition) is 2. The van der Waals surface area contributed by atoms with Crippen molar-refractivity contribution in [3.63, 3.8) is 0 Å². The van der Waals surface area contributed by atoms with Crippen molar-refractivity contribution in [2.75, 3.05) is 13.1 Å². The first-order chi connectivity index (χ1) is 8.07. The Labute approximate surface area is 107 Å². The molecule has 0 aliphatic heterocycles. The molecule has 0 radical (unpaired) electrons. The quantitative estimate of drug-likeness (QED) is 0.579. The summed E-state index contributed by atoms with van der Waals surface area (Å²) in [5.74, 6) is 1.10. The van der Waals surface area contributed by atoms with Crippen LogP contribution >= 0.6 is 0 Å². The fourth-order valence-corrected chi connectivity index (χ4v) is 1.79. The SMILES string of the molecule is CC(C)CCCCNC(=O)[C@H](C)CCCCN. The van der Waals surface area contributed by atoms with Gasteiger partial charge in [-0.2, -0.15) is 0 Å². The molecule has 0 heterocycles. The van der Waals surface area contributed by atoms with Gasteiger partial charge in [0.25, 0.3) is 0 Å². The van der Waals surface area contributed by atoms with Gasteiger partial charge in [-0.05, 0) is 31.7 Å². The van der Waals surface area contributed by atoms with E-state index in [1.807, 2.05) is 6.92 Å². The molecule has 0 saturated heterocycles. The first-order valence-corrected chi connectivity index (χ1v) is 7.05. The maximum absolute atomic E-state index is 11.7. The van der Waals surface area contributed by atoms with E-state index in [2.05, 4.69) is 19.2 Å². The van der Waals surface area contributed by atoms with E-state index in [9.17, 15) is 4.79 Å². The highest BCUT2D eigenvalue weighted by Crippen LogP contribution is 2.08. The zero-order chi connectivity index (χ0) is 13.1. The maximum atomic E-state index is 11.7. The van der Waals surface area contributed by atoms with Crippen LogP contribution in [-0.2, 0) is 4.79 Å². The molecule has 0 saturated carbocycles. The summed E-state index contributed by atoms with van der Waals surface area (Å²) < 4.78 is 0. The Kier molecular flexibility index (Phi) is 10.2. The van der Waals surface area contributed by atoms with Crippen molar-refractivity contribution in [3.05, 3.63) is 0 Å². The van der Waals surface area contributed by atoms with Crippen molar-refractivity contribution in [1.82, 2.24) is 5.32 Å². The number of rotatable bonds is 10. The lowest BCUT2D eigenvalue weighted by atomic mass is 10.0. The topological polar surface area (TPSA) is 55.1 Å². The molecule has 1 amide bonds. The van der Waals surface area contributed by atoms with Crippen LogP contribution in [0, 0.1) is 11.8 Å². The summed E-state index contributed by atoms with van der Waals surface area (Å²) in [5.41, 5.74) is 5.43. The lowest BCUT2D eigenvalue weighted by Gasteiger charge is -2.12. The van der Waals surface area contributed by atoms with Crippen molar-refractivity contribution in [3.8, 4) is 0 Å². The molecule has 0 aromatic rings. The normalized spacial score (nSPS) is 12.8. The summed E-state index contributed by atoms with van der Waals surface area (Å²) in [6.45, 7) is 8.02. The van der Waals surface area contributed by atoms with Gasteiger partial charge in [0.1, 0.15) is 0 Å². The number of unbranched alkanes of at least 4 members (excludes halogenated alkanes) is 2. The number of amides is 1. The molecule has 17 heavy (non-hydrogen) atoms. The zero-order valence-corrected chi connectivity index (χ0v) is 11.8. The minimum atomic E-state index is 0.131. The minimum Gasteiger partial charge on any atom is -0.356 e. The first-order valence-electron chi connectivity index (χ1n) is 7.05. The van der Waals surface area contributed by atoms with E-state index in [1.54, 1.807) is 0 Å². The molecule has 0 rings (SSSR count). The van der Waals surface area contributed by atoms with E-state index in [0.717, 1.165) is 44.7 Å². The third-order valence-corrected chi connectivity index (χ3v) is 3.05. The van der Waals surface area contributed by atoms with Gasteiger partial charge in [0.2, 0.25) is 5.91 Å². The number of carbonyl (C=O) groups excluding carboxylic acids is 1. The van der Waals surface area contributed by atoms with Crippen molar-refractivity contribution in [2.24, 2.45) is 17.6 Å². The van der Waals surface area contributed by atoms with Gasteiger partial charge < -0.3 is 11.1 Å². The highest BCUT2D eigenvalue weighted by atomic mass is 16.1. The van der Waals surface area contributed by atoms with Gasteiger partial charge in [-0.15, -0.1) is 0 Å². The monoisotopic (exact) mass is 242 g/mol. The molecular formula is C14H30N2O. The van der Waals surface area contributed by atoms with Gasteiger partial charge in [0.15, 0.2) is 0 Å². The molecule has 102 valence electrons. The molecule has 3 nitrogen and oxygen atoms in total. The molecule has 3 N–H and O–H groups in total. The second-order valence-electron chi connectivity index (χ2n) is 5.37. The Morgan fingerprint density at radius 3 is 2.29 bits per heavy atom. The number of carbonyl (C=O) groups is 1. The van der Waals surface area contributed by atoms with Crippen molar-refractivity contribution >= 4 is 5.91 Å². The van der Waals surface area contributed by atoms with E-state index in [-0.39, 0.29) is 11.8 Å². The Morgan fingerprint density at radius 1 is 1.06 bits per heavy atom. The molecule has 0 aliphatic rings. The van der Waals surface area contributed by atoms with Gasteiger partial charge in [-0.25, -0.2) is 0 Å². The van der Waals surface area contributed by atoms with Crippen LogP contribution in [0.1, 0.15) is 59.3 Å². The van der Waals surface area contributed by atoms with E-state index >= 15 is 0 Å². The Bertz CT molecular complexity index is 193. The van der Waals surface area contributed by atoms with E-state index < -0.39 is 0 Å². The molecule has 0 fully saturated rings. The highest BCUT2D eigenvalue weighted by molar-refractivity contribution is 5.78. The van der Waals surface area contributed by atoms with Gasteiger partial charge in [-0.3, -0.25) is 4.79 Å². The van der Waals surface area contributed by atoms with E-state index in [0.29, 0.717) is 0 Å². The van der Waals surface area contributed by atoms with Crippen LogP contribution in [-0.4, -0.2) is 19.0 Å². The first kappa shape index (κ1) is 16.4. The summed E-state index contributed by atoms with van der Waals surface area (Å²) in [6, 6.07) is 0. The zero-order valence-electron chi connectivity index (χ0n) is 11.8. The predicted octanol–water partition coefficient (Wildman–Crippen LogP) is 2.69. The molecule has 0 aliphatic carbocycles. The van der Waals surface area contributed by atoms with Gasteiger partial charge in [0, 0.05) is 12.5 Å². The van der Waals surface area contributed by atoms with Gasteiger partial charge >= 0.3 is 0 Å². The third-order valence-electron chi connectivity index (χ3n) is 3.05. The second kappa shape index (κ2) is 10.6. The number of nitrogens with two attached hydrogens (primary N) is 1. The standard InChI is InChI=1S/C14H30N2O/c1-12(2)8-5-7-11-16-14(17)13(3)9-4-6-10-15/h12-13H,4-11,15H2,1-3H3,(H,16,17)/t13-/m1/s1. The molecule has 1 atom stereocenters. The summed E-state index contributed by atoms with van der Waals surface area (Å²) in [4.78, 5) is 11.7. The van der Waals surface area contributed by atoms with Crippen LogP contribution in [0.25, 0.3) is 0 Å². The molecule has 3 heteroatoms. The third kappa shape index (κ3) is 10.3. The highest BCUT2D eigenvalue weighted by Gasteiger charge is 2.11. The summed E-state index contributed by atoms with van der Waals surface area (Å²) in [5, 5.41) is 3.01. The molecular weight excluding hydrogens is 212 g/mol. The van der Waals surface area contributed by atoms with Crippen LogP contribution in [0.4, 0.5) is 0 Å². The average molecular weight is 242 g/mol. The molecule has 0 bridgehead atoms. The van der Waals surface area contributed by atoms with E-state index in [1.165, 1.54) is 12.8 Å². The molecule has 0 spiro atoms. The van der Waals surface area contributed by atoms with Crippen LogP contribution < -0.4 is 11.1 Å². The summed E-state index contributed by atoms with van der Waals surface area (Å²) in [7, 11) is 0. The van der Waals surface area contributed by atoms with Crippen LogP contribution in [0.3, 0.4) is 0 Å². The smallest absolute Gasteiger partial charge is 0.222 e. The number of nitrogens with one attached hydrogen (secondary N) is 1. The molecule has 0 aromatic heterocycles. The minimum absolute atomic E-state index is 0.131.